The van der Waals surface area contributed by atoms with Crippen LogP contribution in [0.4, 0.5) is 5.69 Å². The van der Waals surface area contributed by atoms with Gasteiger partial charge < -0.3 is 19.5 Å². The molecule has 2 rings (SSSR count). The maximum absolute atomic E-state index is 12.1. The van der Waals surface area contributed by atoms with Crippen molar-refractivity contribution in [3.8, 4) is 17.2 Å². The summed E-state index contributed by atoms with van der Waals surface area (Å²) in [6, 6.07) is 10.5. The molecule has 0 saturated carbocycles. The maximum Gasteiger partial charge on any atom is 0.249 e. The number of para-hydroxylation sites is 2. The molecule has 0 bridgehead atoms. The number of anilines is 1. The molecule has 9 heteroatoms. The highest BCUT2D eigenvalue weighted by Crippen LogP contribution is 2.36. The van der Waals surface area contributed by atoms with E-state index < -0.39 is 11.8 Å². The van der Waals surface area contributed by atoms with Crippen molar-refractivity contribution in [3.63, 3.8) is 0 Å². The van der Waals surface area contributed by atoms with E-state index in [1.807, 2.05) is 6.92 Å². The molecule has 30 heavy (non-hydrogen) atoms. The molecule has 8 nitrogen and oxygen atoms in total. The number of nitrogens with one attached hydrogen (secondary N) is 2. The molecule has 0 saturated heterocycles. The molecule has 0 radical (unpaired) electrons. The Morgan fingerprint density at radius 1 is 1.10 bits per heavy atom. The molecule has 0 heterocycles. The van der Waals surface area contributed by atoms with Crippen LogP contribution in [0.2, 0.25) is 0 Å². The molecule has 0 aliphatic rings. The minimum absolute atomic E-state index is 0.383. The average Bonchev–Trinajstić information content (AvgIpc) is 2.72. The van der Waals surface area contributed by atoms with Gasteiger partial charge in [-0.25, -0.2) is 5.43 Å². The van der Waals surface area contributed by atoms with E-state index in [-0.39, 0.29) is 6.42 Å². The molecule has 0 aromatic heterocycles. The van der Waals surface area contributed by atoms with Crippen molar-refractivity contribution in [2.24, 2.45) is 5.10 Å². The van der Waals surface area contributed by atoms with Crippen LogP contribution in [-0.2, 0) is 9.59 Å². The van der Waals surface area contributed by atoms with Crippen LogP contribution in [0.25, 0.3) is 0 Å². The molecule has 2 amide bonds. The molecule has 0 atom stereocenters. The van der Waals surface area contributed by atoms with Crippen LogP contribution in [0, 0.1) is 0 Å². The molecule has 160 valence electrons. The Kier molecular flexibility index (Phi) is 9.14. The fraction of sp³-hybridized carbons (Fsp3) is 0.286. The first kappa shape index (κ1) is 23.2. The molecule has 2 aromatic carbocycles. The SMILES string of the molecule is CCCOc1c(Br)cc(C=NNC(=O)CC(=O)Nc2ccccc2OC)cc1OC. The first-order valence-corrected chi connectivity index (χ1v) is 10.0. The lowest BCUT2D eigenvalue weighted by molar-refractivity contribution is -0.126. The Hall–Kier alpha value is -3.07. The van der Waals surface area contributed by atoms with E-state index in [2.05, 4.69) is 31.8 Å². The van der Waals surface area contributed by atoms with E-state index in [0.29, 0.717) is 39.6 Å². The van der Waals surface area contributed by atoms with Crippen LogP contribution in [0.1, 0.15) is 25.3 Å². The molecule has 2 N–H and O–H groups in total. The first-order valence-electron chi connectivity index (χ1n) is 9.23. The molecular formula is C21H24BrN3O5. The summed E-state index contributed by atoms with van der Waals surface area (Å²) >= 11 is 3.45. The molecule has 0 fully saturated rings. The number of hydrazone groups is 1. The number of halogens is 1. The Balaban J connectivity index is 1.94. The largest absolute Gasteiger partial charge is 0.495 e. The minimum Gasteiger partial charge on any atom is -0.495 e. The van der Waals surface area contributed by atoms with Crippen molar-refractivity contribution < 1.29 is 23.8 Å². The van der Waals surface area contributed by atoms with Crippen molar-refractivity contribution >= 4 is 39.6 Å². The molecule has 0 aliphatic carbocycles. The highest BCUT2D eigenvalue weighted by atomic mass is 79.9. The lowest BCUT2D eigenvalue weighted by Gasteiger charge is -2.12. The molecule has 0 spiro atoms. The Morgan fingerprint density at radius 3 is 2.53 bits per heavy atom. The number of hydrogen-bond acceptors (Lipinski definition) is 6. The Bertz CT molecular complexity index is 918. The fourth-order valence-corrected chi connectivity index (χ4v) is 3.04. The lowest BCUT2D eigenvalue weighted by atomic mass is 10.2. The summed E-state index contributed by atoms with van der Waals surface area (Å²) in [5.41, 5.74) is 3.50. The summed E-state index contributed by atoms with van der Waals surface area (Å²) in [6.45, 7) is 2.58. The van der Waals surface area contributed by atoms with E-state index in [9.17, 15) is 9.59 Å². The number of ether oxygens (including phenoxy) is 3. The van der Waals surface area contributed by atoms with Gasteiger partial charge in [-0.15, -0.1) is 0 Å². The first-order chi connectivity index (χ1) is 14.5. The molecule has 0 unspecified atom stereocenters. The summed E-state index contributed by atoms with van der Waals surface area (Å²) in [5.74, 6) is 0.632. The van der Waals surface area contributed by atoms with E-state index >= 15 is 0 Å². The normalized spacial score (nSPS) is 10.5. The predicted octanol–water partition coefficient (Wildman–Crippen LogP) is 3.73. The number of benzene rings is 2. The second-order valence-electron chi connectivity index (χ2n) is 6.10. The van der Waals surface area contributed by atoms with Crippen LogP contribution < -0.4 is 25.0 Å². The third-order valence-corrected chi connectivity index (χ3v) is 4.40. The third kappa shape index (κ3) is 6.77. The van der Waals surface area contributed by atoms with E-state index in [1.165, 1.54) is 13.3 Å². The van der Waals surface area contributed by atoms with Gasteiger partial charge in [-0.2, -0.15) is 5.10 Å². The zero-order chi connectivity index (χ0) is 21.9. The third-order valence-electron chi connectivity index (χ3n) is 3.81. The van der Waals surface area contributed by atoms with Crippen molar-refractivity contribution in [1.29, 1.82) is 0 Å². The van der Waals surface area contributed by atoms with Crippen LogP contribution in [0.15, 0.2) is 46.0 Å². The summed E-state index contributed by atoms with van der Waals surface area (Å²) < 4.78 is 16.9. The van der Waals surface area contributed by atoms with Crippen molar-refractivity contribution in [3.05, 3.63) is 46.4 Å². The molecule has 2 aromatic rings. The van der Waals surface area contributed by atoms with Gasteiger partial charge in [0.05, 0.1) is 37.2 Å². The quantitative estimate of drug-likeness (QED) is 0.308. The van der Waals surface area contributed by atoms with Crippen LogP contribution in [0.5, 0.6) is 17.2 Å². The number of carbonyl (C=O) groups excluding carboxylic acids is 2. The van der Waals surface area contributed by atoms with Crippen LogP contribution >= 0.6 is 15.9 Å². The zero-order valence-corrected chi connectivity index (χ0v) is 18.6. The fourth-order valence-electron chi connectivity index (χ4n) is 2.46. The van der Waals surface area contributed by atoms with Gasteiger partial charge >= 0.3 is 0 Å². The van der Waals surface area contributed by atoms with Gasteiger partial charge in [-0.05, 0) is 52.2 Å². The van der Waals surface area contributed by atoms with E-state index in [0.717, 1.165) is 6.42 Å². The van der Waals surface area contributed by atoms with Gasteiger partial charge in [-0.3, -0.25) is 9.59 Å². The van der Waals surface area contributed by atoms with Gasteiger partial charge in [0.25, 0.3) is 0 Å². The highest BCUT2D eigenvalue weighted by molar-refractivity contribution is 9.10. The predicted molar refractivity (Wildman–Crippen MR) is 118 cm³/mol. The maximum atomic E-state index is 12.1. The number of hydrogen-bond donors (Lipinski definition) is 2. The Labute approximate surface area is 183 Å². The summed E-state index contributed by atoms with van der Waals surface area (Å²) in [5, 5.41) is 6.53. The monoisotopic (exact) mass is 477 g/mol. The van der Waals surface area contributed by atoms with Gasteiger partial charge in [-0.1, -0.05) is 19.1 Å². The zero-order valence-electron chi connectivity index (χ0n) is 17.0. The second-order valence-corrected chi connectivity index (χ2v) is 6.96. The summed E-state index contributed by atoms with van der Waals surface area (Å²) in [7, 11) is 3.05. The van der Waals surface area contributed by atoms with Gasteiger partial charge in [0, 0.05) is 0 Å². The second kappa shape index (κ2) is 11.8. The van der Waals surface area contributed by atoms with Crippen LogP contribution in [-0.4, -0.2) is 38.9 Å². The molecule has 0 aliphatic heterocycles. The van der Waals surface area contributed by atoms with Crippen LogP contribution in [0.3, 0.4) is 0 Å². The number of amides is 2. The number of methoxy groups -OCH3 is 2. The smallest absolute Gasteiger partial charge is 0.249 e. The van der Waals surface area contributed by atoms with Gasteiger partial charge in [0.15, 0.2) is 11.5 Å². The molecular weight excluding hydrogens is 454 g/mol. The van der Waals surface area contributed by atoms with Gasteiger partial charge in [0.1, 0.15) is 12.2 Å². The highest BCUT2D eigenvalue weighted by Gasteiger charge is 2.12. The van der Waals surface area contributed by atoms with Gasteiger partial charge in [0.2, 0.25) is 11.8 Å². The summed E-state index contributed by atoms with van der Waals surface area (Å²) in [6.07, 6.45) is 1.94. The number of nitrogens with zero attached hydrogens (tertiary/aromatic N) is 1. The van der Waals surface area contributed by atoms with E-state index in [1.54, 1.807) is 43.5 Å². The topological polar surface area (TPSA) is 98.2 Å². The summed E-state index contributed by atoms with van der Waals surface area (Å²) in [4.78, 5) is 24.0. The standard InChI is InChI=1S/C21H24BrN3O5/c1-4-9-30-21-15(22)10-14(11-18(21)29-3)13-23-25-20(27)12-19(26)24-16-7-5-6-8-17(16)28-2/h5-8,10-11,13H,4,9,12H2,1-3H3,(H,24,26)(H,25,27). The lowest BCUT2D eigenvalue weighted by Crippen LogP contribution is -2.24. The minimum atomic E-state index is -0.549. The van der Waals surface area contributed by atoms with Crippen molar-refractivity contribution in [1.82, 2.24) is 5.43 Å². The number of carbonyl (C=O) groups is 2. The van der Waals surface area contributed by atoms with Crippen molar-refractivity contribution in [2.45, 2.75) is 19.8 Å². The average molecular weight is 478 g/mol. The number of rotatable bonds is 10. The van der Waals surface area contributed by atoms with E-state index in [4.69, 9.17) is 14.2 Å². The van der Waals surface area contributed by atoms with Crippen molar-refractivity contribution in [2.75, 3.05) is 26.1 Å². The Morgan fingerprint density at radius 2 is 1.83 bits per heavy atom.